The second-order valence-electron chi connectivity index (χ2n) is 4.44. The minimum Gasteiger partial charge on any atom is -0.358 e. The first kappa shape index (κ1) is 9.44. The van der Waals surface area contributed by atoms with Gasteiger partial charge in [-0.05, 0) is 20.4 Å². The van der Waals surface area contributed by atoms with Crippen LogP contribution in [0.2, 0.25) is 0 Å². The molecular formula is C10H20N2O. The molecule has 0 aliphatic carbocycles. The molecule has 76 valence electrons. The van der Waals surface area contributed by atoms with Crippen molar-refractivity contribution in [3.8, 4) is 0 Å². The van der Waals surface area contributed by atoms with Gasteiger partial charge >= 0.3 is 0 Å². The summed E-state index contributed by atoms with van der Waals surface area (Å²) in [7, 11) is 2.18. The fourth-order valence-electron chi connectivity index (χ4n) is 2.26. The molecule has 3 nitrogen and oxygen atoms in total. The Morgan fingerprint density at radius 2 is 2.08 bits per heavy atom. The smallest absolute Gasteiger partial charge is 0.122 e. The van der Waals surface area contributed by atoms with Crippen molar-refractivity contribution >= 4 is 0 Å². The highest BCUT2D eigenvalue weighted by atomic mass is 16.5. The number of nitrogens with one attached hydrogen (secondary N) is 1. The molecule has 2 saturated heterocycles. The Kier molecular flexibility index (Phi) is 2.58. The maximum Gasteiger partial charge on any atom is 0.122 e. The highest BCUT2D eigenvalue weighted by Gasteiger charge is 2.37. The average molecular weight is 184 g/mol. The second kappa shape index (κ2) is 3.56. The zero-order chi connectivity index (χ0) is 9.31. The van der Waals surface area contributed by atoms with Crippen molar-refractivity contribution in [1.82, 2.24) is 10.2 Å². The normalized spacial score (nSPS) is 35.1. The van der Waals surface area contributed by atoms with Gasteiger partial charge in [-0.15, -0.1) is 0 Å². The molecule has 0 aromatic carbocycles. The summed E-state index contributed by atoms with van der Waals surface area (Å²) in [5.74, 6) is 0. The van der Waals surface area contributed by atoms with Crippen molar-refractivity contribution in [1.29, 1.82) is 0 Å². The predicted octanol–water partition coefficient (Wildman–Crippen LogP) is 0.807. The zero-order valence-electron chi connectivity index (χ0n) is 8.68. The average Bonchev–Trinajstić information content (AvgIpc) is 2.11. The van der Waals surface area contributed by atoms with Gasteiger partial charge in [-0.3, -0.25) is 5.32 Å². The number of ether oxygens (including phenoxy) is 1. The lowest BCUT2D eigenvalue weighted by Crippen LogP contribution is -2.59. The van der Waals surface area contributed by atoms with E-state index in [1.807, 2.05) is 0 Å². The molecule has 0 aromatic heterocycles. The van der Waals surface area contributed by atoms with Gasteiger partial charge in [0.15, 0.2) is 0 Å². The summed E-state index contributed by atoms with van der Waals surface area (Å²) < 4.78 is 6.03. The Morgan fingerprint density at radius 3 is 2.69 bits per heavy atom. The fourth-order valence-corrected chi connectivity index (χ4v) is 2.26. The largest absolute Gasteiger partial charge is 0.358 e. The molecule has 2 aliphatic rings. The van der Waals surface area contributed by atoms with Gasteiger partial charge in [0, 0.05) is 32.5 Å². The van der Waals surface area contributed by atoms with E-state index >= 15 is 0 Å². The summed E-state index contributed by atoms with van der Waals surface area (Å²) in [6.45, 7) is 5.60. The van der Waals surface area contributed by atoms with Crippen molar-refractivity contribution in [2.24, 2.45) is 0 Å². The molecule has 13 heavy (non-hydrogen) atoms. The minimum absolute atomic E-state index is 0.0180. The van der Waals surface area contributed by atoms with Gasteiger partial charge in [-0.25, -0.2) is 0 Å². The third-order valence-corrected chi connectivity index (χ3v) is 3.22. The van der Waals surface area contributed by atoms with E-state index in [-0.39, 0.29) is 5.72 Å². The van der Waals surface area contributed by atoms with Crippen molar-refractivity contribution in [3.05, 3.63) is 0 Å². The second-order valence-corrected chi connectivity index (χ2v) is 4.44. The van der Waals surface area contributed by atoms with Crippen LogP contribution in [0.4, 0.5) is 0 Å². The van der Waals surface area contributed by atoms with Crippen molar-refractivity contribution in [3.63, 3.8) is 0 Å². The number of hydrogen-bond donors (Lipinski definition) is 1. The highest BCUT2D eigenvalue weighted by Crippen LogP contribution is 2.27. The minimum atomic E-state index is 0.0180. The lowest BCUT2D eigenvalue weighted by atomic mass is 9.98. The molecule has 2 fully saturated rings. The lowest BCUT2D eigenvalue weighted by Gasteiger charge is -2.45. The molecule has 1 unspecified atom stereocenters. The van der Waals surface area contributed by atoms with Crippen LogP contribution >= 0.6 is 0 Å². The van der Waals surface area contributed by atoms with Gasteiger partial charge < -0.3 is 9.64 Å². The molecule has 2 rings (SSSR count). The summed E-state index contributed by atoms with van der Waals surface area (Å²) in [5.41, 5.74) is 0.0180. The molecule has 0 radical (unpaired) electrons. The van der Waals surface area contributed by atoms with E-state index in [1.54, 1.807) is 0 Å². The third-order valence-electron chi connectivity index (χ3n) is 3.22. The Bertz CT molecular complexity index is 176. The number of rotatable bonds is 0. The van der Waals surface area contributed by atoms with Crippen molar-refractivity contribution in [2.75, 3.05) is 26.7 Å². The molecule has 0 bridgehead atoms. The lowest BCUT2D eigenvalue weighted by molar-refractivity contribution is -0.159. The van der Waals surface area contributed by atoms with Crippen molar-refractivity contribution < 1.29 is 4.74 Å². The van der Waals surface area contributed by atoms with E-state index in [0.29, 0.717) is 6.10 Å². The zero-order valence-corrected chi connectivity index (χ0v) is 8.68. The van der Waals surface area contributed by atoms with Gasteiger partial charge in [0.25, 0.3) is 0 Å². The topological polar surface area (TPSA) is 24.5 Å². The van der Waals surface area contributed by atoms with E-state index in [4.69, 9.17) is 4.74 Å². The molecule has 1 spiro atoms. The van der Waals surface area contributed by atoms with Crippen LogP contribution in [0.5, 0.6) is 0 Å². The molecule has 0 amide bonds. The summed E-state index contributed by atoms with van der Waals surface area (Å²) in [6, 6.07) is 0. The molecule has 3 heteroatoms. The Hall–Kier alpha value is -0.120. The first-order chi connectivity index (χ1) is 6.20. The molecular weight excluding hydrogens is 164 g/mol. The molecule has 0 saturated carbocycles. The molecule has 2 aliphatic heterocycles. The highest BCUT2D eigenvalue weighted by molar-refractivity contribution is 4.88. The fraction of sp³-hybridized carbons (Fsp3) is 1.00. The van der Waals surface area contributed by atoms with Crippen LogP contribution in [0.25, 0.3) is 0 Å². The Balaban J connectivity index is 1.95. The number of piperidine rings is 1. The van der Waals surface area contributed by atoms with Crippen molar-refractivity contribution in [2.45, 2.75) is 38.0 Å². The van der Waals surface area contributed by atoms with Gasteiger partial charge in [0.05, 0.1) is 6.10 Å². The number of hydrogen-bond acceptors (Lipinski definition) is 3. The van der Waals surface area contributed by atoms with E-state index in [1.165, 1.54) is 0 Å². The van der Waals surface area contributed by atoms with Crippen LogP contribution in [0.3, 0.4) is 0 Å². The van der Waals surface area contributed by atoms with E-state index in [9.17, 15) is 0 Å². The van der Waals surface area contributed by atoms with E-state index < -0.39 is 0 Å². The first-order valence-electron chi connectivity index (χ1n) is 5.32. The number of nitrogens with zero attached hydrogens (tertiary/aromatic N) is 1. The summed E-state index contributed by atoms with van der Waals surface area (Å²) in [4.78, 5) is 2.37. The summed E-state index contributed by atoms with van der Waals surface area (Å²) >= 11 is 0. The standard InChI is InChI=1S/C10H20N2O/c1-9-3-6-11-10(13-9)4-7-12(2)8-5-10/h9,11H,3-8H2,1-2H3. The summed E-state index contributed by atoms with van der Waals surface area (Å²) in [5, 5.41) is 3.54. The van der Waals surface area contributed by atoms with E-state index in [0.717, 1.165) is 38.9 Å². The van der Waals surface area contributed by atoms with Gasteiger partial charge in [-0.2, -0.15) is 0 Å². The van der Waals surface area contributed by atoms with Crippen LogP contribution < -0.4 is 5.32 Å². The van der Waals surface area contributed by atoms with Crippen LogP contribution in [0.1, 0.15) is 26.2 Å². The predicted molar refractivity (Wildman–Crippen MR) is 52.6 cm³/mol. The molecule has 2 heterocycles. The first-order valence-corrected chi connectivity index (χ1v) is 5.32. The summed E-state index contributed by atoms with van der Waals surface area (Å²) in [6.07, 6.45) is 3.85. The van der Waals surface area contributed by atoms with Gasteiger partial charge in [-0.1, -0.05) is 0 Å². The van der Waals surface area contributed by atoms with Gasteiger partial charge in [0.2, 0.25) is 0 Å². The quantitative estimate of drug-likeness (QED) is 0.603. The maximum atomic E-state index is 6.03. The molecule has 1 atom stereocenters. The van der Waals surface area contributed by atoms with Crippen LogP contribution in [0, 0.1) is 0 Å². The van der Waals surface area contributed by atoms with Crippen LogP contribution in [-0.2, 0) is 4.74 Å². The van der Waals surface area contributed by atoms with Crippen LogP contribution in [-0.4, -0.2) is 43.4 Å². The Labute approximate surface area is 80.4 Å². The SMILES string of the molecule is CC1CCNC2(CCN(C)CC2)O1. The van der Waals surface area contributed by atoms with E-state index in [2.05, 4.69) is 24.2 Å². The van der Waals surface area contributed by atoms with Gasteiger partial charge in [0.1, 0.15) is 5.72 Å². The molecule has 0 aromatic rings. The molecule has 1 N–H and O–H groups in total. The maximum absolute atomic E-state index is 6.03. The monoisotopic (exact) mass is 184 g/mol. The number of likely N-dealkylation sites (tertiary alicyclic amines) is 1. The van der Waals surface area contributed by atoms with Crippen LogP contribution in [0.15, 0.2) is 0 Å². The Morgan fingerprint density at radius 1 is 1.38 bits per heavy atom. The third kappa shape index (κ3) is 2.03.